The summed E-state index contributed by atoms with van der Waals surface area (Å²) in [4.78, 5) is 22.0. The van der Waals surface area contributed by atoms with E-state index in [1.165, 1.54) is 0 Å². The molecule has 0 unspecified atom stereocenters. The molecule has 0 saturated carbocycles. The molecule has 1 fully saturated rings. The maximum Gasteiger partial charge on any atom is 0.325 e. The Bertz CT molecular complexity index is 1750. The summed E-state index contributed by atoms with van der Waals surface area (Å²) < 4.78 is 7.28. The van der Waals surface area contributed by atoms with Gasteiger partial charge in [-0.25, -0.2) is 14.4 Å². The molecule has 2 N–H and O–H groups in total. The molecule has 0 bridgehead atoms. The lowest BCUT2D eigenvalue weighted by molar-refractivity contribution is 0.0336. The predicted molar refractivity (Wildman–Crippen MR) is 172 cm³/mol. The molecule has 0 spiro atoms. The summed E-state index contributed by atoms with van der Waals surface area (Å²) >= 11 is 0. The topological polar surface area (TPSA) is 89.5 Å². The third-order valence-electron chi connectivity index (χ3n) is 7.95. The number of hydrogen-bond acceptors (Lipinski definition) is 5. The smallest absolute Gasteiger partial charge is 0.325 e. The zero-order chi connectivity index (χ0) is 30.1. The number of pyridine rings is 1. The largest absolute Gasteiger partial charge is 0.379 e. The van der Waals surface area contributed by atoms with Gasteiger partial charge in [-0.3, -0.25) is 9.88 Å². The molecule has 2 amide bonds. The lowest BCUT2D eigenvalue weighted by Crippen LogP contribution is -2.35. The minimum absolute atomic E-state index is 0.235. The second-order valence-electron chi connectivity index (χ2n) is 12.2. The molecule has 2 aromatic heterocycles. The van der Waals surface area contributed by atoms with E-state index in [-0.39, 0.29) is 5.41 Å². The maximum atomic E-state index is 13.3. The van der Waals surface area contributed by atoms with Crippen molar-refractivity contribution < 1.29 is 9.53 Å². The summed E-state index contributed by atoms with van der Waals surface area (Å²) in [6.45, 7) is 12.6. The number of nitrogens with two attached hydrogens (primary N) is 1. The van der Waals surface area contributed by atoms with Crippen molar-refractivity contribution in [3.05, 3.63) is 102 Å². The molecule has 220 valence electrons. The van der Waals surface area contributed by atoms with E-state index in [1.54, 1.807) is 4.90 Å². The van der Waals surface area contributed by atoms with Gasteiger partial charge in [-0.05, 0) is 42.1 Å². The highest BCUT2D eigenvalue weighted by Crippen LogP contribution is 2.39. The lowest BCUT2D eigenvalue weighted by Gasteiger charge is -2.26. The number of aryl methyl sites for hydroxylation is 1. The van der Waals surface area contributed by atoms with Crippen LogP contribution in [0.2, 0.25) is 0 Å². The zero-order valence-corrected chi connectivity index (χ0v) is 25.2. The van der Waals surface area contributed by atoms with E-state index >= 15 is 0 Å². The Labute approximate surface area is 252 Å². The summed E-state index contributed by atoms with van der Waals surface area (Å²) in [5.74, 6) is 0.591. The van der Waals surface area contributed by atoms with Crippen molar-refractivity contribution in [2.75, 3.05) is 31.2 Å². The molecule has 0 atom stereocenters. The molecule has 5 aromatic rings. The van der Waals surface area contributed by atoms with Gasteiger partial charge in [0.25, 0.3) is 0 Å². The van der Waals surface area contributed by atoms with E-state index in [9.17, 15) is 4.79 Å². The van der Waals surface area contributed by atoms with E-state index in [4.69, 9.17) is 20.6 Å². The number of fused-ring (bicyclic) bond motifs is 1. The Balaban J connectivity index is 1.43. The van der Waals surface area contributed by atoms with Gasteiger partial charge in [-0.1, -0.05) is 74.9 Å². The summed E-state index contributed by atoms with van der Waals surface area (Å²) in [6.07, 6.45) is 1.94. The summed E-state index contributed by atoms with van der Waals surface area (Å²) in [7, 11) is 0. The van der Waals surface area contributed by atoms with Gasteiger partial charge < -0.3 is 10.5 Å². The normalized spacial score (nSPS) is 14.2. The third-order valence-corrected chi connectivity index (χ3v) is 7.95. The van der Waals surface area contributed by atoms with E-state index in [2.05, 4.69) is 43.9 Å². The van der Waals surface area contributed by atoms with Gasteiger partial charge in [0.15, 0.2) is 0 Å². The van der Waals surface area contributed by atoms with Gasteiger partial charge >= 0.3 is 6.03 Å². The van der Waals surface area contributed by atoms with Gasteiger partial charge in [0.05, 0.1) is 36.0 Å². The fourth-order valence-corrected chi connectivity index (χ4v) is 5.52. The number of primary amides is 1. The Hall–Kier alpha value is -4.53. The highest BCUT2D eigenvalue weighted by Gasteiger charge is 2.28. The number of ether oxygens (including phenoxy) is 1. The van der Waals surface area contributed by atoms with Crippen molar-refractivity contribution in [1.82, 2.24) is 19.7 Å². The van der Waals surface area contributed by atoms with Crippen molar-refractivity contribution in [2.24, 2.45) is 5.73 Å². The number of rotatable bonds is 6. The average molecular weight is 575 g/mol. The number of amides is 2. The van der Waals surface area contributed by atoms with Gasteiger partial charge in [0, 0.05) is 48.3 Å². The molecule has 8 heteroatoms. The number of morpholine rings is 1. The van der Waals surface area contributed by atoms with Crippen LogP contribution in [0, 0.1) is 6.92 Å². The molecule has 8 nitrogen and oxygen atoms in total. The Morgan fingerprint density at radius 3 is 2.33 bits per heavy atom. The van der Waals surface area contributed by atoms with Crippen molar-refractivity contribution in [2.45, 2.75) is 39.7 Å². The molecule has 3 aromatic carbocycles. The van der Waals surface area contributed by atoms with Crippen LogP contribution >= 0.6 is 0 Å². The minimum atomic E-state index is -0.583. The monoisotopic (exact) mass is 574 g/mol. The van der Waals surface area contributed by atoms with Crippen molar-refractivity contribution in [1.29, 1.82) is 0 Å². The van der Waals surface area contributed by atoms with Crippen LogP contribution in [0.5, 0.6) is 0 Å². The average Bonchev–Trinajstić information content (AvgIpc) is 3.44. The van der Waals surface area contributed by atoms with E-state index in [0.717, 1.165) is 77.4 Å². The van der Waals surface area contributed by atoms with Crippen LogP contribution in [0.4, 0.5) is 16.3 Å². The van der Waals surface area contributed by atoms with Crippen molar-refractivity contribution in [3.8, 4) is 16.8 Å². The number of aromatic nitrogens is 3. The lowest BCUT2D eigenvalue weighted by atomic mass is 9.92. The van der Waals surface area contributed by atoms with Crippen LogP contribution in [-0.4, -0.2) is 52.0 Å². The van der Waals surface area contributed by atoms with Gasteiger partial charge in [0.1, 0.15) is 5.82 Å². The number of hydrogen-bond donors (Lipinski definition) is 1. The summed E-state index contributed by atoms with van der Waals surface area (Å²) in [6, 6.07) is 25.8. The molecule has 0 aliphatic carbocycles. The first-order valence-corrected chi connectivity index (χ1v) is 14.7. The number of carbonyl (C=O) groups is 1. The quantitative estimate of drug-likeness (QED) is 0.243. The minimum Gasteiger partial charge on any atom is -0.379 e. The molecule has 1 aliphatic rings. The van der Waals surface area contributed by atoms with E-state index in [1.807, 2.05) is 78.5 Å². The molecule has 1 aliphatic heterocycles. The second-order valence-corrected chi connectivity index (χ2v) is 12.2. The fraction of sp³-hybridized carbons (Fsp3) is 0.286. The molecule has 0 radical (unpaired) electrons. The molecule has 3 heterocycles. The van der Waals surface area contributed by atoms with Crippen LogP contribution in [-0.2, 0) is 16.7 Å². The van der Waals surface area contributed by atoms with Gasteiger partial charge in [0.2, 0.25) is 0 Å². The van der Waals surface area contributed by atoms with Crippen molar-refractivity contribution >= 4 is 28.3 Å². The zero-order valence-electron chi connectivity index (χ0n) is 25.2. The standard InChI is InChI=1S/C35H38N6O2/c1-24-9-13-27(14-10-24)41-33(21-32(38-41)35(2,3)4)40(34(36)42)31-16-15-28(29-7-5-6-8-30(29)31)25-11-12-26(37-22-25)23-39-17-19-43-20-18-39/h5-16,21-22H,17-20,23H2,1-4H3,(H2,36,42). The van der Waals surface area contributed by atoms with Crippen LogP contribution < -0.4 is 10.6 Å². The Morgan fingerprint density at radius 2 is 1.67 bits per heavy atom. The molecular weight excluding hydrogens is 536 g/mol. The number of benzene rings is 3. The first-order valence-electron chi connectivity index (χ1n) is 14.7. The predicted octanol–water partition coefficient (Wildman–Crippen LogP) is 6.74. The van der Waals surface area contributed by atoms with Gasteiger partial charge in [-0.15, -0.1) is 0 Å². The number of nitrogens with zero attached hydrogens (tertiary/aromatic N) is 5. The van der Waals surface area contributed by atoms with Gasteiger partial charge in [-0.2, -0.15) is 5.10 Å². The summed E-state index contributed by atoms with van der Waals surface area (Å²) in [5, 5.41) is 6.87. The Kier molecular flexibility index (Phi) is 7.73. The highest BCUT2D eigenvalue weighted by molar-refractivity contribution is 6.10. The fourth-order valence-electron chi connectivity index (χ4n) is 5.52. The van der Waals surface area contributed by atoms with E-state index in [0.29, 0.717) is 11.5 Å². The SMILES string of the molecule is Cc1ccc(-n2nc(C(C)(C)C)cc2N(C(N)=O)c2ccc(-c3ccc(CN4CCOCC4)nc3)c3ccccc23)cc1. The van der Waals surface area contributed by atoms with Crippen LogP contribution in [0.3, 0.4) is 0 Å². The van der Waals surface area contributed by atoms with Crippen molar-refractivity contribution in [3.63, 3.8) is 0 Å². The molecule has 6 rings (SSSR count). The molecule has 1 saturated heterocycles. The second kappa shape index (κ2) is 11.6. The summed E-state index contributed by atoms with van der Waals surface area (Å²) in [5.41, 5.74) is 12.5. The van der Waals surface area contributed by atoms with E-state index < -0.39 is 6.03 Å². The highest BCUT2D eigenvalue weighted by atomic mass is 16.5. The third kappa shape index (κ3) is 5.89. The number of urea groups is 1. The van der Waals surface area contributed by atoms with Crippen LogP contribution in [0.1, 0.15) is 37.7 Å². The van der Waals surface area contributed by atoms with Crippen LogP contribution in [0.25, 0.3) is 27.6 Å². The number of anilines is 2. The Morgan fingerprint density at radius 1 is 0.953 bits per heavy atom. The first kappa shape index (κ1) is 28.6. The first-order chi connectivity index (χ1) is 20.7. The van der Waals surface area contributed by atoms with Crippen LogP contribution in [0.15, 0.2) is 85.1 Å². The molecular formula is C35H38N6O2. The number of carbonyl (C=O) groups excluding carboxylic acids is 1. The molecule has 43 heavy (non-hydrogen) atoms. The maximum absolute atomic E-state index is 13.3.